The highest BCUT2D eigenvalue weighted by Crippen LogP contribution is 2.09. The van der Waals surface area contributed by atoms with Crippen LogP contribution in [-0.4, -0.2) is 13.9 Å². The molecule has 0 rings (SSSR count). The minimum atomic E-state index is 0.763. The van der Waals surface area contributed by atoms with Gasteiger partial charge in [0.05, 0.1) is 0 Å². The van der Waals surface area contributed by atoms with Crippen LogP contribution < -0.4 is 0 Å². The summed E-state index contributed by atoms with van der Waals surface area (Å²) in [6.45, 7) is 7.12. The molecular weight excluding hydrogens is 128 g/mol. The van der Waals surface area contributed by atoms with Crippen LogP contribution in [0.2, 0.25) is 0 Å². The van der Waals surface area contributed by atoms with E-state index < -0.39 is 0 Å². The molecule has 0 heterocycles. The molecule has 0 aliphatic carbocycles. The van der Waals surface area contributed by atoms with Crippen LogP contribution >= 0.6 is 0 Å². The van der Waals surface area contributed by atoms with Crippen molar-refractivity contribution in [2.75, 3.05) is 7.11 Å². The van der Waals surface area contributed by atoms with E-state index in [1.54, 1.807) is 7.11 Å². The standard InChI is InChI=1S/C8H14O2/c1-5-8(10-4)6-7(2)9-3/h6H,3,5H2,1-2,4H3. The quantitative estimate of drug-likeness (QED) is 0.333. The van der Waals surface area contributed by atoms with E-state index in [4.69, 9.17) is 9.16 Å². The highest BCUT2D eigenvalue weighted by atomic mass is 16.5. The molecule has 0 unspecified atom stereocenters. The minimum absolute atomic E-state index is 0.763. The molecule has 0 spiro atoms. The summed E-state index contributed by atoms with van der Waals surface area (Å²) in [6.07, 6.45) is 3.60. The van der Waals surface area contributed by atoms with Gasteiger partial charge in [0.25, 0.3) is 6.79 Å². The first-order valence-electron chi connectivity index (χ1n) is 3.24. The van der Waals surface area contributed by atoms with Crippen LogP contribution in [0.3, 0.4) is 0 Å². The van der Waals surface area contributed by atoms with Crippen molar-refractivity contribution in [2.45, 2.75) is 20.3 Å². The van der Waals surface area contributed by atoms with Gasteiger partial charge in [0, 0.05) is 7.11 Å². The Labute approximate surface area is 62.2 Å². The highest BCUT2D eigenvalue weighted by molar-refractivity contribution is 5.15. The van der Waals surface area contributed by atoms with Gasteiger partial charge in [0.2, 0.25) is 0 Å². The summed E-state index contributed by atoms with van der Waals surface area (Å²) in [4.78, 5) is 0. The van der Waals surface area contributed by atoms with Gasteiger partial charge >= 0.3 is 0 Å². The molecule has 0 aromatic heterocycles. The number of hydrogen-bond acceptors (Lipinski definition) is 1. The van der Waals surface area contributed by atoms with Crippen molar-refractivity contribution < 1.29 is 9.16 Å². The van der Waals surface area contributed by atoms with E-state index in [1.165, 1.54) is 0 Å². The predicted octanol–water partition coefficient (Wildman–Crippen LogP) is 1.84. The SMILES string of the molecule is C=[O+]C(C)=C[C-](CC)OC. The largest absolute Gasteiger partial charge is 0.442 e. The maximum atomic E-state index is 5.00. The van der Waals surface area contributed by atoms with Gasteiger partial charge < -0.3 is 9.16 Å². The molecule has 0 radical (unpaired) electrons. The molecule has 2 heteroatoms. The molecule has 0 saturated carbocycles. The molecule has 0 aliphatic rings. The summed E-state index contributed by atoms with van der Waals surface area (Å²) < 4.78 is 9.70. The number of carbonyl (C=O) groups excluding carboxylic acids is 1. The van der Waals surface area contributed by atoms with Crippen LogP contribution in [0.25, 0.3) is 0 Å². The van der Waals surface area contributed by atoms with E-state index in [0.717, 1.165) is 18.3 Å². The van der Waals surface area contributed by atoms with Crippen LogP contribution in [0.1, 0.15) is 20.3 Å². The van der Waals surface area contributed by atoms with Gasteiger partial charge in [-0.25, -0.2) is 0 Å². The third-order valence-electron chi connectivity index (χ3n) is 1.20. The van der Waals surface area contributed by atoms with Gasteiger partial charge in [-0.3, -0.25) is 0 Å². The molecule has 0 N–H and O–H groups in total. The second-order valence-electron chi connectivity index (χ2n) is 1.92. The fraction of sp³-hybridized carbons (Fsp3) is 0.500. The Kier molecular flexibility index (Phi) is 4.67. The predicted molar refractivity (Wildman–Crippen MR) is 41.4 cm³/mol. The van der Waals surface area contributed by atoms with E-state index in [-0.39, 0.29) is 0 Å². The van der Waals surface area contributed by atoms with Crippen molar-refractivity contribution >= 4 is 6.79 Å². The number of methoxy groups -OCH3 is 1. The van der Waals surface area contributed by atoms with E-state index in [9.17, 15) is 0 Å². The molecule has 0 atom stereocenters. The number of ether oxygens (including phenoxy) is 1. The number of allylic oxidation sites excluding steroid dienone is 1. The lowest BCUT2D eigenvalue weighted by Gasteiger charge is -2.14. The minimum Gasteiger partial charge on any atom is -0.442 e. The number of rotatable bonds is 4. The third-order valence-corrected chi connectivity index (χ3v) is 1.20. The molecular formula is C8H14O2. The summed E-state index contributed by atoms with van der Waals surface area (Å²) in [5.41, 5.74) is 0. The molecule has 0 aromatic rings. The molecule has 10 heavy (non-hydrogen) atoms. The summed E-state index contributed by atoms with van der Waals surface area (Å²) in [5, 5.41) is 0. The molecule has 58 valence electrons. The Morgan fingerprint density at radius 2 is 2.40 bits per heavy atom. The fourth-order valence-corrected chi connectivity index (χ4v) is 0.574. The van der Waals surface area contributed by atoms with Crippen molar-refractivity contribution in [3.8, 4) is 0 Å². The molecule has 2 nitrogen and oxygen atoms in total. The molecule has 0 saturated heterocycles. The van der Waals surface area contributed by atoms with Crippen LogP contribution in [-0.2, 0) is 9.16 Å². The molecule has 0 aromatic carbocycles. The van der Waals surface area contributed by atoms with E-state index in [0.29, 0.717) is 0 Å². The third kappa shape index (κ3) is 3.30. The Morgan fingerprint density at radius 1 is 1.80 bits per heavy atom. The lowest BCUT2D eigenvalue weighted by molar-refractivity contribution is -0.386. The van der Waals surface area contributed by atoms with E-state index in [2.05, 4.69) is 6.79 Å². The van der Waals surface area contributed by atoms with Crippen molar-refractivity contribution in [3.05, 3.63) is 17.9 Å². The summed E-state index contributed by atoms with van der Waals surface area (Å²) in [6, 6.07) is 0. The Hall–Kier alpha value is -0.760. The first-order chi connectivity index (χ1) is 4.74. The average molecular weight is 142 g/mol. The van der Waals surface area contributed by atoms with Gasteiger partial charge in [-0.05, 0) is 6.92 Å². The van der Waals surface area contributed by atoms with Gasteiger partial charge in [-0.2, -0.15) is 0 Å². The lowest BCUT2D eigenvalue weighted by atomic mass is 10.2. The van der Waals surface area contributed by atoms with Gasteiger partial charge in [0.15, 0.2) is 5.76 Å². The molecule has 0 aliphatic heterocycles. The van der Waals surface area contributed by atoms with Gasteiger partial charge in [-0.15, -0.1) is 6.08 Å². The second kappa shape index (κ2) is 5.06. The normalized spacial score (nSPS) is 11.3. The monoisotopic (exact) mass is 142 g/mol. The van der Waals surface area contributed by atoms with Crippen molar-refractivity contribution in [1.82, 2.24) is 0 Å². The Balaban J connectivity index is 3.92. The first-order valence-corrected chi connectivity index (χ1v) is 3.24. The van der Waals surface area contributed by atoms with Crippen LogP contribution in [0.15, 0.2) is 11.8 Å². The zero-order valence-corrected chi connectivity index (χ0v) is 6.81. The Morgan fingerprint density at radius 3 is 2.70 bits per heavy atom. The first kappa shape index (κ1) is 9.24. The zero-order chi connectivity index (χ0) is 7.98. The maximum Gasteiger partial charge on any atom is 0.257 e. The smallest absolute Gasteiger partial charge is 0.257 e. The zero-order valence-electron chi connectivity index (χ0n) is 6.81. The van der Waals surface area contributed by atoms with Gasteiger partial charge in [0.1, 0.15) is 0 Å². The fourth-order valence-electron chi connectivity index (χ4n) is 0.574. The van der Waals surface area contributed by atoms with Crippen molar-refractivity contribution in [3.63, 3.8) is 0 Å². The van der Waals surface area contributed by atoms with Crippen molar-refractivity contribution in [2.24, 2.45) is 0 Å². The summed E-state index contributed by atoms with van der Waals surface area (Å²) in [7, 11) is 1.64. The topological polar surface area (TPSA) is 20.5 Å². The lowest BCUT2D eigenvalue weighted by Crippen LogP contribution is -1.94. The van der Waals surface area contributed by atoms with E-state index >= 15 is 0 Å². The second-order valence-corrected chi connectivity index (χ2v) is 1.92. The van der Waals surface area contributed by atoms with Crippen LogP contribution in [0.5, 0.6) is 0 Å². The van der Waals surface area contributed by atoms with Crippen LogP contribution in [0, 0.1) is 6.10 Å². The highest BCUT2D eigenvalue weighted by Gasteiger charge is 1.92. The van der Waals surface area contributed by atoms with E-state index in [1.807, 2.05) is 19.9 Å². The summed E-state index contributed by atoms with van der Waals surface area (Å²) in [5.74, 6) is 0.763. The van der Waals surface area contributed by atoms with Gasteiger partial charge in [-0.1, -0.05) is 19.4 Å². The number of hydrogen-bond donors (Lipinski definition) is 0. The average Bonchev–Trinajstić information content (AvgIpc) is 1.99. The summed E-state index contributed by atoms with van der Waals surface area (Å²) >= 11 is 0. The van der Waals surface area contributed by atoms with Crippen molar-refractivity contribution in [1.29, 1.82) is 0 Å². The Bertz CT molecular complexity index is 123. The maximum absolute atomic E-state index is 5.00. The molecule has 0 fully saturated rings. The molecule has 0 amide bonds. The van der Waals surface area contributed by atoms with Crippen LogP contribution in [0.4, 0.5) is 0 Å². The molecule has 0 bridgehead atoms.